The summed E-state index contributed by atoms with van der Waals surface area (Å²) in [7, 11) is 0. The van der Waals surface area contributed by atoms with Crippen molar-refractivity contribution in [2.24, 2.45) is 11.8 Å². The predicted molar refractivity (Wildman–Crippen MR) is 80.9 cm³/mol. The zero-order chi connectivity index (χ0) is 15.9. The molecule has 120 valence electrons. The molecule has 0 aliphatic carbocycles. The van der Waals surface area contributed by atoms with E-state index in [0.717, 1.165) is 5.56 Å². The van der Waals surface area contributed by atoms with Crippen molar-refractivity contribution in [3.63, 3.8) is 0 Å². The maximum atomic E-state index is 12.0. The summed E-state index contributed by atoms with van der Waals surface area (Å²) in [5.41, 5.74) is 0.0746. The Kier molecular flexibility index (Phi) is 3.97. The molecule has 5 heteroatoms. The largest absolute Gasteiger partial charge is 0.390 e. The number of ether oxygens (including phenoxy) is 2. The van der Waals surface area contributed by atoms with Crippen LogP contribution in [0, 0.1) is 11.8 Å². The van der Waals surface area contributed by atoms with Crippen molar-refractivity contribution in [1.82, 2.24) is 5.32 Å². The molecule has 1 aromatic carbocycles. The number of aliphatic hydroxyl groups excluding tert-OH is 1. The third-order valence-electron chi connectivity index (χ3n) is 4.70. The van der Waals surface area contributed by atoms with E-state index in [1.54, 1.807) is 6.92 Å². The number of benzene rings is 1. The van der Waals surface area contributed by atoms with Crippen LogP contribution in [0.3, 0.4) is 0 Å². The van der Waals surface area contributed by atoms with E-state index in [1.807, 2.05) is 44.2 Å². The van der Waals surface area contributed by atoms with Crippen molar-refractivity contribution in [3.8, 4) is 0 Å². The maximum absolute atomic E-state index is 12.0. The smallest absolute Gasteiger partial charge is 0.226 e. The Labute approximate surface area is 130 Å². The molecular weight excluding hydrogens is 282 g/mol. The highest BCUT2D eigenvalue weighted by Crippen LogP contribution is 2.41. The van der Waals surface area contributed by atoms with Gasteiger partial charge in [0.1, 0.15) is 5.54 Å². The van der Waals surface area contributed by atoms with Gasteiger partial charge < -0.3 is 19.9 Å². The summed E-state index contributed by atoms with van der Waals surface area (Å²) in [5, 5.41) is 13.5. The van der Waals surface area contributed by atoms with Crippen LogP contribution in [0.1, 0.15) is 32.6 Å². The molecular formula is C17H23NO4. The second-order valence-corrected chi connectivity index (χ2v) is 6.62. The van der Waals surface area contributed by atoms with Gasteiger partial charge in [0.05, 0.1) is 24.7 Å². The van der Waals surface area contributed by atoms with Gasteiger partial charge in [0, 0.05) is 5.56 Å². The molecule has 1 spiro atoms. The molecule has 2 N–H and O–H groups in total. The molecule has 2 aliphatic heterocycles. The van der Waals surface area contributed by atoms with Crippen LogP contribution in [0.15, 0.2) is 30.3 Å². The summed E-state index contributed by atoms with van der Waals surface area (Å²) in [6.07, 6.45) is -1.60. The standard InChI is InChI=1S/C17H23NO4/c1-10(2)14-17(13(19)11(3)15(20)18-17)9-21-16(22-14)12-7-5-4-6-8-12/h4-8,10-11,13-14,16,19H,9H2,1-3H3,(H,18,20)/t11-,13+,14-,16-,17-/m1/s1. The zero-order valence-electron chi connectivity index (χ0n) is 13.2. The Morgan fingerprint density at radius 3 is 2.55 bits per heavy atom. The van der Waals surface area contributed by atoms with Gasteiger partial charge in [-0.05, 0) is 5.92 Å². The summed E-state index contributed by atoms with van der Waals surface area (Å²) >= 11 is 0. The minimum atomic E-state index is -0.865. The Morgan fingerprint density at radius 1 is 1.32 bits per heavy atom. The fourth-order valence-electron chi connectivity index (χ4n) is 3.49. The fourth-order valence-corrected chi connectivity index (χ4v) is 3.49. The molecule has 1 aromatic rings. The van der Waals surface area contributed by atoms with Crippen LogP contribution in [0.25, 0.3) is 0 Å². The molecule has 22 heavy (non-hydrogen) atoms. The molecule has 2 aliphatic rings. The third-order valence-corrected chi connectivity index (χ3v) is 4.70. The number of hydrogen-bond donors (Lipinski definition) is 2. The van der Waals surface area contributed by atoms with E-state index in [4.69, 9.17) is 9.47 Å². The average Bonchev–Trinajstić information content (AvgIpc) is 2.73. The molecule has 5 nitrogen and oxygen atoms in total. The van der Waals surface area contributed by atoms with Gasteiger partial charge in [0.25, 0.3) is 0 Å². The van der Waals surface area contributed by atoms with Crippen molar-refractivity contribution >= 4 is 5.91 Å². The zero-order valence-corrected chi connectivity index (χ0v) is 13.2. The summed E-state index contributed by atoms with van der Waals surface area (Å²) in [6, 6.07) is 9.71. The lowest BCUT2D eigenvalue weighted by molar-refractivity contribution is -0.274. The molecule has 5 atom stereocenters. The number of hydrogen-bond acceptors (Lipinski definition) is 4. The number of carbonyl (C=O) groups is 1. The van der Waals surface area contributed by atoms with Crippen molar-refractivity contribution in [2.75, 3.05) is 6.61 Å². The Balaban J connectivity index is 1.88. The van der Waals surface area contributed by atoms with Crippen LogP contribution in [0.5, 0.6) is 0 Å². The second kappa shape index (κ2) is 5.65. The molecule has 2 fully saturated rings. The molecule has 0 bridgehead atoms. The Morgan fingerprint density at radius 2 is 2.00 bits per heavy atom. The molecule has 0 saturated carbocycles. The lowest BCUT2D eigenvalue weighted by Gasteiger charge is -2.47. The number of aliphatic hydroxyl groups is 1. The number of amides is 1. The van der Waals surface area contributed by atoms with E-state index in [-0.39, 0.29) is 24.5 Å². The molecule has 2 heterocycles. The first-order valence-electron chi connectivity index (χ1n) is 7.78. The molecule has 0 aromatic heterocycles. The van der Waals surface area contributed by atoms with E-state index < -0.39 is 23.9 Å². The van der Waals surface area contributed by atoms with Crippen molar-refractivity contribution < 1.29 is 19.4 Å². The molecule has 1 amide bonds. The van der Waals surface area contributed by atoms with E-state index in [1.165, 1.54) is 0 Å². The van der Waals surface area contributed by atoms with E-state index in [2.05, 4.69) is 5.32 Å². The van der Waals surface area contributed by atoms with Crippen molar-refractivity contribution in [3.05, 3.63) is 35.9 Å². The minimum Gasteiger partial charge on any atom is -0.390 e. The molecule has 3 rings (SSSR count). The van der Waals surface area contributed by atoms with E-state index in [0.29, 0.717) is 0 Å². The lowest BCUT2D eigenvalue weighted by atomic mass is 9.79. The van der Waals surface area contributed by atoms with Crippen LogP contribution in [0.2, 0.25) is 0 Å². The predicted octanol–water partition coefficient (Wildman–Crippen LogP) is 1.62. The molecule has 0 unspecified atom stereocenters. The highest BCUT2D eigenvalue weighted by molar-refractivity contribution is 5.83. The van der Waals surface area contributed by atoms with Gasteiger partial charge in [0.2, 0.25) is 5.91 Å². The number of carbonyl (C=O) groups excluding carboxylic acids is 1. The Bertz CT molecular complexity index is 547. The highest BCUT2D eigenvalue weighted by Gasteiger charge is 2.59. The highest BCUT2D eigenvalue weighted by atomic mass is 16.7. The summed E-state index contributed by atoms with van der Waals surface area (Å²) in [5.74, 6) is -0.472. The van der Waals surface area contributed by atoms with Gasteiger partial charge in [-0.15, -0.1) is 0 Å². The van der Waals surface area contributed by atoms with Gasteiger partial charge in [-0.1, -0.05) is 51.1 Å². The van der Waals surface area contributed by atoms with Gasteiger partial charge >= 0.3 is 0 Å². The SMILES string of the molecule is CC(C)[C@H]1O[C@H](c2ccccc2)OC[C@]12NC(=O)[C@H](C)[C@@H]2O. The first kappa shape index (κ1) is 15.5. The maximum Gasteiger partial charge on any atom is 0.226 e. The molecule has 2 saturated heterocycles. The fraction of sp³-hybridized carbons (Fsp3) is 0.588. The van der Waals surface area contributed by atoms with Gasteiger partial charge in [0.15, 0.2) is 6.29 Å². The lowest BCUT2D eigenvalue weighted by Crippen LogP contribution is -2.66. The van der Waals surface area contributed by atoms with E-state index >= 15 is 0 Å². The van der Waals surface area contributed by atoms with Crippen LogP contribution >= 0.6 is 0 Å². The first-order chi connectivity index (χ1) is 10.5. The summed E-state index contributed by atoms with van der Waals surface area (Å²) < 4.78 is 12.0. The normalized spacial score (nSPS) is 38.5. The van der Waals surface area contributed by atoms with Gasteiger partial charge in [-0.2, -0.15) is 0 Å². The van der Waals surface area contributed by atoms with Crippen LogP contribution in [-0.2, 0) is 14.3 Å². The monoisotopic (exact) mass is 305 g/mol. The van der Waals surface area contributed by atoms with Crippen molar-refractivity contribution in [1.29, 1.82) is 0 Å². The average molecular weight is 305 g/mol. The summed E-state index contributed by atoms with van der Waals surface area (Å²) in [6.45, 7) is 6.03. The van der Waals surface area contributed by atoms with Gasteiger partial charge in [-0.3, -0.25) is 4.79 Å². The minimum absolute atomic E-state index is 0.135. The van der Waals surface area contributed by atoms with Crippen LogP contribution in [-0.4, -0.2) is 35.4 Å². The second-order valence-electron chi connectivity index (χ2n) is 6.62. The number of rotatable bonds is 2. The van der Waals surface area contributed by atoms with Crippen LogP contribution < -0.4 is 5.32 Å². The molecule has 0 radical (unpaired) electrons. The van der Waals surface area contributed by atoms with Crippen LogP contribution in [0.4, 0.5) is 0 Å². The third kappa shape index (κ3) is 2.33. The quantitative estimate of drug-likeness (QED) is 0.871. The summed E-state index contributed by atoms with van der Waals surface area (Å²) in [4.78, 5) is 12.0. The van der Waals surface area contributed by atoms with Crippen molar-refractivity contribution in [2.45, 2.75) is 44.8 Å². The first-order valence-corrected chi connectivity index (χ1v) is 7.78. The Hall–Kier alpha value is -1.43. The topological polar surface area (TPSA) is 67.8 Å². The van der Waals surface area contributed by atoms with E-state index in [9.17, 15) is 9.90 Å². The number of nitrogens with one attached hydrogen (secondary N) is 1. The van der Waals surface area contributed by atoms with Gasteiger partial charge in [-0.25, -0.2) is 0 Å².